The van der Waals surface area contributed by atoms with Crippen LogP contribution in [0.2, 0.25) is 0 Å². The molecule has 0 radical (unpaired) electrons. The minimum Gasteiger partial charge on any atom is -1.00 e. The first-order valence-electron chi connectivity index (χ1n) is 22.1. The summed E-state index contributed by atoms with van der Waals surface area (Å²) in [6.45, 7) is 27.9. The van der Waals surface area contributed by atoms with Gasteiger partial charge >= 0.3 is 43.4 Å². The Morgan fingerprint density at radius 3 is 0.750 bits per heavy atom. The van der Waals surface area contributed by atoms with E-state index in [0.29, 0.717) is 0 Å². The van der Waals surface area contributed by atoms with Gasteiger partial charge in [0.15, 0.2) is 0 Å². The van der Waals surface area contributed by atoms with Crippen molar-refractivity contribution in [3.63, 3.8) is 0 Å². The van der Waals surface area contributed by atoms with E-state index in [2.05, 4.69) is 228 Å². The summed E-state index contributed by atoms with van der Waals surface area (Å²) in [6.07, 6.45) is 5.46. The van der Waals surface area contributed by atoms with Gasteiger partial charge in [0.25, 0.3) is 0 Å². The van der Waals surface area contributed by atoms with Crippen molar-refractivity contribution in [2.45, 2.75) is 55.4 Å². The van der Waals surface area contributed by atoms with Gasteiger partial charge in [-0.25, -0.2) is 0 Å². The first kappa shape index (κ1) is 61.1. The van der Waals surface area contributed by atoms with Gasteiger partial charge < -0.3 is 24.8 Å². The largest absolute Gasteiger partial charge is 2.00 e. The Kier molecular flexibility index (Phi) is 29.1. The second-order valence-corrected chi connectivity index (χ2v) is 27.8. The molecule has 8 aromatic rings. The molecule has 0 nitrogen and oxygen atoms in total. The van der Waals surface area contributed by atoms with Crippen LogP contribution in [0.4, 0.5) is 0 Å². The molecule has 0 N–H and O–H groups in total. The van der Waals surface area contributed by atoms with E-state index in [1.165, 1.54) is 78.3 Å². The normalized spacial score (nSPS) is 11.1. The van der Waals surface area contributed by atoms with Crippen LogP contribution >= 0.6 is 31.7 Å². The van der Waals surface area contributed by atoms with Crippen LogP contribution < -0.4 is 46.0 Å². The van der Waals surface area contributed by atoms with Gasteiger partial charge in [-0.05, 0) is 75.0 Å². The molecule has 8 heteroatoms. The van der Waals surface area contributed by atoms with E-state index in [1.54, 1.807) is 10.6 Å². The predicted octanol–water partition coefficient (Wildman–Crippen LogP) is 9.81. The molecule has 0 aliphatic heterocycles. The first-order valence-corrected chi connectivity index (χ1v) is 30.0. The average molecular weight is 1040 g/mol. The molecule has 0 saturated heterocycles. The van der Waals surface area contributed by atoms with Gasteiger partial charge in [0.2, 0.25) is 0 Å². The number of halogens is 2. The van der Waals surface area contributed by atoms with Gasteiger partial charge in [0, 0.05) is 0 Å². The van der Waals surface area contributed by atoms with Gasteiger partial charge in [-0.1, -0.05) is 95.5 Å². The maximum Gasteiger partial charge on any atom is 2.00 e. The second kappa shape index (κ2) is 30.5. The minimum atomic E-state index is 0. The Hall–Kier alpha value is -0.951. The Balaban J connectivity index is 0.000000424. The fourth-order valence-corrected chi connectivity index (χ4v) is 15.3. The van der Waals surface area contributed by atoms with Gasteiger partial charge in [-0.2, -0.15) is 24.3 Å². The van der Waals surface area contributed by atoms with Crippen LogP contribution in [0.25, 0.3) is 43.1 Å². The molecule has 0 aliphatic carbocycles. The van der Waals surface area contributed by atoms with Crippen LogP contribution in [-0.2, 0) is 43.4 Å². The molecule has 0 heterocycles. The van der Waals surface area contributed by atoms with Crippen LogP contribution in [0.3, 0.4) is 0 Å². The average Bonchev–Trinajstić information content (AvgIpc) is 4.01. The summed E-state index contributed by atoms with van der Waals surface area (Å²) >= 11 is 0. The smallest absolute Gasteiger partial charge is 1.00 e. The number of fused-ring (bicyclic) bond motifs is 4. The summed E-state index contributed by atoms with van der Waals surface area (Å²) < 4.78 is 0. The van der Waals surface area contributed by atoms with E-state index >= 15 is 0 Å². The van der Waals surface area contributed by atoms with E-state index in [0.717, 1.165) is 23.7 Å². The molecule has 0 amide bonds. The second-order valence-electron chi connectivity index (χ2n) is 18.5. The van der Waals surface area contributed by atoms with Gasteiger partial charge in [-0.15, -0.1) is 177 Å². The molecule has 0 fully saturated rings. The predicted molar refractivity (Wildman–Crippen MR) is 287 cm³/mol. The third kappa shape index (κ3) is 19.2. The third-order valence-corrected chi connectivity index (χ3v) is 19.8. The summed E-state index contributed by atoms with van der Waals surface area (Å²) in [6, 6.07) is 53.5. The monoisotopic (exact) mass is 1030 g/mol. The molecule has 0 unspecified atom stereocenters. The van der Waals surface area contributed by atoms with Crippen LogP contribution in [0, 0.1) is 23.7 Å². The molecule has 8 rings (SSSR count). The van der Waals surface area contributed by atoms with Crippen molar-refractivity contribution in [2.75, 3.05) is 51.3 Å². The van der Waals surface area contributed by atoms with Gasteiger partial charge in [-0.3, -0.25) is 0 Å². The fraction of sp³-hybridized carbons (Fsp3) is 0.357. The Morgan fingerprint density at radius 1 is 0.344 bits per heavy atom. The van der Waals surface area contributed by atoms with Crippen LogP contribution in [0.5, 0.6) is 0 Å². The van der Waals surface area contributed by atoms with E-state index in [1.807, 2.05) is 0 Å². The van der Waals surface area contributed by atoms with Crippen molar-refractivity contribution in [1.82, 2.24) is 0 Å². The summed E-state index contributed by atoms with van der Waals surface area (Å²) in [5.41, 5.74) is 0. The summed E-state index contributed by atoms with van der Waals surface area (Å²) in [5, 5.41) is 17.4. The number of benzene rings is 4. The van der Waals surface area contributed by atoms with Crippen molar-refractivity contribution in [2.24, 2.45) is 23.7 Å². The van der Waals surface area contributed by atoms with Gasteiger partial charge in [0.1, 0.15) is 0 Å². The van der Waals surface area contributed by atoms with Crippen molar-refractivity contribution < 1.29 is 68.2 Å². The summed E-state index contributed by atoms with van der Waals surface area (Å²) in [7, 11) is 0.152. The number of hydrogen-bond acceptors (Lipinski definition) is 0. The van der Waals surface area contributed by atoms with Crippen LogP contribution in [0.15, 0.2) is 146 Å². The minimum absolute atomic E-state index is 0. The summed E-state index contributed by atoms with van der Waals surface area (Å²) in [4.78, 5) is 0. The quantitative estimate of drug-likeness (QED) is 0.0650. The third-order valence-electron chi connectivity index (χ3n) is 10.5. The topological polar surface area (TPSA) is 0 Å². The van der Waals surface area contributed by atoms with Gasteiger partial charge in [0.05, 0.1) is 0 Å². The van der Waals surface area contributed by atoms with E-state index in [4.69, 9.17) is 0 Å². The maximum atomic E-state index is 2.42. The van der Waals surface area contributed by atoms with Crippen LogP contribution in [0.1, 0.15) is 55.4 Å². The number of rotatable bonds is 12. The molecule has 0 atom stereocenters. The SMILES string of the molecule is CC(C)CP(CC(C)C)c1cc2ccccc2[cH-]1.CC(C)CP(CC(C)C)c1cc2ccccc2[cH-]1.CP(C)c1cc2ccccc2[cH-]1.CP(C)c1cc2ccccc2[cH-]1.[Cl-].[Cl-].[Ti+2].[Ti+2]. The molecular formula is C56H72Cl2P4Ti2-2. The van der Waals surface area contributed by atoms with E-state index < -0.39 is 0 Å². The number of hydrogen-bond donors (Lipinski definition) is 0. The van der Waals surface area contributed by atoms with Crippen molar-refractivity contribution in [1.29, 1.82) is 0 Å². The molecule has 0 bridgehead atoms. The molecular weight excluding hydrogens is 963 g/mol. The molecule has 0 saturated carbocycles. The zero-order chi connectivity index (χ0) is 43.3. The van der Waals surface area contributed by atoms with Crippen molar-refractivity contribution in [3.8, 4) is 0 Å². The first-order chi connectivity index (χ1) is 28.7. The summed E-state index contributed by atoms with van der Waals surface area (Å²) in [5.74, 6) is 3.20. The Morgan fingerprint density at radius 2 is 0.547 bits per heavy atom. The Bertz CT molecular complexity index is 2140. The molecule has 64 heavy (non-hydrogen) atoms. The molecule has 0 aliphatic rings. The molecule has 340 valence electrons. The fourth-order valence-electron chi connectivity index (χ4n) is 7.75. The Labute approximate surface area is 436 Å². The zero-order valence-corrected chi connectivity index (χ0v) is 48.8. The molecule has 0 spiro atoms. The van der Waals surface area contributed by atoms with Crippen LogP contribution in [-0.4, -0.2) is 51.3 Å². The maximum absolute atomic E-state index is 2.42. The molecule has 0 aromatic heterocycles. The van der Waals surface area contributed by atoms with Crippen molar-refractivity contribution >= 4 is 96.0 Å². The van der Waals surface area contributed by atoms with E-state index in [9.17, 15) is 0 Å². The standard InChI is InChI=1S/2C17H24P.2C11H12P.2ClH.2Ti/c2*1-13(2)11-18(12-14(3)4)17-9-15-7-5-6-8-16(15)10-17;2*1-12(2)11-7-9-5-3-4-6-10(9)8-11;;;;/h2*5-10,13-14H,11-12H2,1-4H3;2*3-8H,1-2H3;2*1H;;/q4*-1;;;2*+2/p-2. The zero-order valence-electron chi connectivity index (χ0n) is 40.5. The molecule has 8 aromatic carbocycles. The van der Waals surface area contributed by atoms with Crippen molar-refractivity contribution in [3.05, 3.63) is 146 Å². The van der Waals surface area contributed by atoms with E-state index in [-0.39, 0.29) is 99.9 Å².